The first-order chi connectivity index (χ1) is 26.4. The molecule has 0 bridgehead atoms. The van der Waals surface area contributed by atoms with Crippen LogP contribution in [-0.2, 0) is 16.2 Å². The number of para-hydroxylation sites is 1. The lowest BCUT2D eigenvalue weighted by molar-refractivity contribution is 0.587. The summed E-state index contributed by atoms with van der Waals surface area (Å²) >= 11 is 1.88. The molecule has 268 valence electrons. The topological polar surface area (TPSA) is 16.4 Å². The van der Waals surface area contributed by atoms with Crippen LogP contribution in [0.25, 0.3) is 64.4 Å². The van der Waals surface area contributed by atoms with E-state index in [2.05, 4.69) is 187 Å². The molecule has 7 aromatic carbocycles. The summed E-state index contributed by atoms with van der Waals surface area (Å²) in [5, 5.41) is 4.90. The highest BCUT2D eigenvalue weighted by Crippen LogP contribution is 2.65. The number of rotatable bonds is 3. The average molecular weight is 730 g/mol. The molecule has 0 aliphatic heterocycles. The number of hydrogen-bond acceptors (Lipinski definition) is 3. The summed E-state index contributed by atoms with van der Waals surface area (Å²) in [6.07, 6.45) is 0. The summed E-state index contributed by atoms with van der Waals surface area (Å²) in [5.74, 6) is 0. The van der Waals surface area contributed by atoms with Crippen LogP contribution in [-0.4, -0.2) is 0 Å². The lowest BCUT2D eigenvalue weighted by Gasteiger charge is -2.39. The molecule has 0 unspecified atom stereocenters. The van der Waals surface area contributed by atoms with Gasteiger partial charge in [-0.3, -0.25) is 0 Å². The minimum atomic E-state index is -0.273. The molecule has 11 rings (SSSR count). The zero-order valence-corrected chi connectivity index (χ0v) is 33.3. The second kappa shape index (κ2) is 11.0. The molecule has 0 spiro atoms. The smallest absolute Gasteiger partial charge is 0.137 e. The van der Waals surface area contributed by atoms with Gasteiger partial charge in [0, 0.05) is 59.2 Å². The maximum Gasteiger partial charge on any atom is 0.137 e. The molecule has 0 N–H and O–H groups in total. The van der Waals surface area contributed by atoms with Crippen molar-refractivity contribution in [3.63, 3.8) is 0 Å². The van der Waals surface area contributed by atoms with Crippen LogP contribution in [0.5, 0.6) is 0 Å². The minimum Gasteiger partial charge on any atom is -0.456 e. The van der Waals surface area contributed by atoms with E-state index in [0.29, 0.717) is 0 Å². The Kier molecular flexibility index (Phi) is 6.54. The van der Waals surface area contributed by atoms with E-state index in [0.717, 1.165) is 33.3 Å². The van der Waals surface area contributed by atoms with Crippen LogP contribution in [0.15, 0.2) is 138 Å². The summed E-state index contributed by atoms with van der Waals surface area (Å²) in [5.41, 5.74) is 17.2. The Morgan fingerprint density at radius 2 is 1.02 bits per heavy atom. The van der Waals surface area contributed by atoms with Gasteiger partial charge in [0.1, 0.15) is 11.2 Å². The van der Waals surface area contributed by atoms with E-state index in [-0.39, 0.29) is 16.2 Å². The Balaban J connectivity index is 1.33. The third-order valence-corrected chi connectivity index (χ3v) is 13.8. The van der Waals surface area contributed by atoms with Crippen molar-refractivity contribution in [2.24, 2.45) is 0 Å². The monoisotopic (exact) mass is 729 g/mol. The van der Waals surface area contributed by atoms with Crippen molar-refractivity contribution < 1.29 is 4.42 Å². The summed E-state index contributed by atoms with van der Waals surface area (Å²) < 4.78 is 9.24. The second-order valence-electron chi connectivity index (χ2n) is 17.7. The highest BCUT2D eigenvalue weighted by atomic mass is 32.1. The highest BCUT2D eigenvalue weighted by molar-refractivity contribution is 7.25. The van der Waals surface area contributed by atoms with Crippen molar-refractivity contribution in [3.05, 3.63) is 161 Å². The molecular formula is C52H43NOS. The first-order valence-electron chi connectivity index (χ1n) is 19.5. The van der Waals surface area contributed by atoms with Gasteiger partial charge in [-0.25, -0.2) is 0 Å². The lowest BCUT2D eigenvalue weighted by atomic mass is 9.71. The van der Waals surface area contributed by atoms with E-state index in [1.54, 1.807) is 0 Å². The van der Waals surface area contributed by atoms with Gasteiger partial charge in [-0.1, -0.05) is 139 Å². The molecule has 0 amide bonds. The Bertz CT molecular complexity index is 2890. The molecule has 3 heteroatoms. The molecule has 55 heavy (non-hydrogen) atoms. The van der Waals surface area contributed by atoms with Crippen LogP contribution < -0.4 is 4.90 Å². The van der Waals surface area contributed by atoms with Crippen molar-refractivity contribution in [1.29, 1.82) is 0 Å². The van der Waals surface area contributed by atoms with Crippen molar-refractivity contribution in [2.45, 2.75) is 64.7 Å². The summed E-state index contributed by atoms with van der Waals surface area (Å²) in [4.78, 5) is 2.60. The van der Waals surface area contributed by atoms with E-state index in [4.69, 9.17) is 4.42 Å². The van der Waals surface area contributed by atoms with Gasteiger partial charge in [0.2, 0.25) is 0 Å². The Morgan fingerprint density at radius 3 is 1.67 bits per heavy atom. The van der Waals surface area contributed by atoms with Gasteiger partial charge < -0.3 is 9.32 Å². The predicted octanol–water partition coefficient (Wildman–Crippen LogP) is 15.3. The second-order valence-corrected chi connectivity index (χ2v) is 18.8. The van der Waals surface area contributed by atoms with E-state index in [1.165, 1.54) is 75.9 Å². The summed E-state index contributed by atoms with van der Waals surface area (Å²) in [6.45, 7) is 17.0. The van der Waals surface area contributed by atoms with Gasteiger partial charge in [0.15, 0.2) is 0 Å². The Morgan fingerprint density at radius 1 is 0.509 bits per heavy atom. The molecule has 2 nitrogen and oxygen atoms in total. The van der Waals surface area contributed by atoms with Gasteiger partial charge in [-0.2, -0.15) is 0 Å². The fraction of sp³-hybridized carbons (Fsp3) is 0.192. The third kappa shape index (κ3) is 4.36. The van der Waals surface area contributed by atoms with Crippen LogP contribution in [0, 0.1) is 0 Å². The molecule has 0 saturated heterocycles. The summed E-state index contributed by atoms with van der Waals surface area (Å²) in [7, 11) is 0. The van der Waals surface area contributed by atoms with Crippen molar-refractivity contribution >= 4 is 70.5 Å². The van der Waals surface area contributed by atoms with E-state index in [1.807, 2.05) is 11.3 Å². The molecule has 0 saturated carbocycles. The summed E-state index contributed by atoms with van der Waals surface area (Å²) in [6, 6.07) is 49.6. The predicted molar refractivity (Wildman–Crippen MR) is 235 cm³/mol. The molecule has 2 aliphatic rings. The lowest BCUT2D eigenvalue weighted by Crippen LogP contribution is -2.27. The van der Waals surface area contributed by atoms with Crippen molar-refractivity contribution in [2.75, 3.05) is 4.90 Å². The molecule has 0 fully saturated rings. The van der Waals surface area contributed by atoms with Crippen molar-refractivity contribution in [1.82, 2.24) is 0 Å². The van der Waals surface area contributed by atoms with Crippen LogP contribution >= 0.6 is 11.3 Å². The number of benzene rings is 7. The number of furan rings is 1. The average Bonchev–Trinajstić information content (AvgIpc) is 3.86. The maximum atomic E-state index is 6.63. The van der Waals surface area contributed by atoms with Gasteiger partial charge >= 0.3 is 0 Å². The molecule has 2 heterocycles. The largest absolute Gasteiger partial charge is 0.456 e. The number of thiophene rings is 1. The van der Waals surface area contributed by atoms with Crippen LogP contribution in [0.1, 0.15) is 76.3 Å². The molecule has 0 atom stereocenters. The highest BCUT2D eigenvalue weighted by Gasteiger charge is 2.50. The normalized spacial score (nSPS) is 15.1. The first-order valence-corrected chi connectivity index (χ1v) is 20.3. The third-order valence-electron chi connectivity index (χ3n) is 12.7. The van der Waals surface area contributed by atoms with E-state index in [9.17, 15) is 0 Å². The van der Waals surface area contributed by atoms with Crippen LogP contribution in [0.3, 0.4) is 0 Å². The van der Waals surface area contributed by atoms with Gasteiger partial charge in [0.25, 0.3) is 0 Å². The van der Waals surface area contributed by atoms with E-state index < -0.39 is 0 Å². The SMILES string of the molecule is CC(C)(C)c1c2c(c(N(c3ccc4c(c3)oc3ccccc34)c3ccc4c(c3)sc3ccccc34)c3c1-c1ccccc1C3(C)C)C(C)(C)c1ccccc1-2. The van der Waals surface area contributed by atoms with Gasteiger partial charge in [-0.15, -0.1) is 11.3 Å². The first kappa shape index (κ1) is 32.8. The molecular weight excluding hydrogens is 687 g/mol. The molecule has 2 aromatic heterocycles. The number of anilines is 3. The molecule has 0 radical (unpaired) electrons. The van der Waals surface area contributed by atoms with E-state index >= 15 is 0 Å². The minimum absolute atomic E-state index is 0.123. The van der Waals surface area contributed by atoms with Crippen LogP contribution in [0.4, 0.5) is 17.1 Å². The molecule has 9 aromatic rings. The molecule has 2 aliphatic carbocycles. The Labute approximate surface area is 326 Å². The zero-order chi connectivity index (χ0) is 37.6. The van der Waals surface area contributed by atoms with Crippen LogP contribution in [0.2, 0.25) is 0 Å². The number of hydrogen-bond donors (Lipinski definition) is 0. The fourth-order valence-corrected chi connectivity index (χ4v) is 11.5. The quantitative estimate of drug-likeness (QED) is 0.180. The standard InChI is InChI=1S/C52H43NOS/c1-50(2,3)46-44-36-18-8-12-20-38(36)51(4,5)47(44)49(48-45(46)37-19-9-13-21-39(37)52(48,6)7)53(30-24-26-33-32-16-10-14-22-40(32)54-41(33)28-30)31-25-27-35-34-17-11-15-23-42(34)55-43(35)29-31/h8-29H,1-7H3. The maximum absolute atomic E-state index is 6.63. The fourth-order valence-electron chi connectivity index (χ4n) is 10.3. The number of fused-ring (bicyclic) bond motifs is 12. The van der Waals surface area contributed by atoms with Crippen molar-refractivity contribution in [3.8, 4) is 22.3 Å². The Hall–Kier alpha value is -5.64. The number of nitrogens with zero attached hydrogens (tertiary/aromatic N) is 1. The van der Waals surface area contributed by atoms with Gasteiger partial charge in [0.05, 0.1) is 5.69 Å². The van der Waals surface area contributed by atoms with Gasteiger partial charge in [-0.05, 0) is 91.9 Å². The zero-order valence-electron chi connectivity index (χ0n) is 32.5.